The van der Waals surface area contributed by atoms with Gasteiger partial charge in [0.15, 0.2) is 0 Å². The lowest BCUT2D eigenvalue weighted by atomic mass is 13.6. The summed E-state index contributed by atoms with van der Waals surface area (Å²) < 4.78 is 75.0. The molecule has 0 bridgehead atoms. The highest BCUT2D eigenvalue weighted by molar-refractivity contribution is 8.19. The van der Waals surface area contributed by atoms with Crippen molar-refractivity contribution in [3.8, 4) is 0 Å². The zero-order valence-corrected chi connectivity index (χ0v) is 9.92. The van der Waals surface area contributed by atoms with Gasteiger partial charge in [-0.05, 0) is 0 Å². The van der Waals surface area contributed by atoms with Gasteiger partial charge in [-0.2, -0.15) is 17.7 Å². The van der Waals surface area contributed by atoms with Crippen molar-refractivity contribution in [2.45, 2.75) is 0 Å². The van der Waals surface area contributed by atoms with Crippen LogP contribution in [0.4, 0.5) is 0 Å². The van der Waals surface area contributed by atoms with E-state index in [1.54, 1.807) is 0 Å². The number of nitrogens with zero attached hydrogens (tertiary/aromatic N) is 1. The van der Waals surface area contributed by atoms with E-state index in [1.165, 1.54) is 0 Å². The second-order valence-corrected chi connectivity index (χ2v) is 6.92. The van der Waals surface area contributed by atoms with Gasteiger partial charge in [-0.1, -0.05) is 0 Å². The van der Waals surface area contributed by atoms with Gasteiger partial charge in [0, 0.05) is 12.6 Å². The molecule has 9 N–H and O–H groups in total. The van der Waals surface area contributed by atoms with Crippen molar-refractivity contribution in [1.29, 1.82) is 0 Å². The molecule has 0 aliphatic rings. The Labute approximate surface area is 92.4 Å². The van der Waals surface area contributed by atoms with E-state index in [1.807, 2.05) is 0 Å². The Morgan fingerprint density at radius 3 is 1.00 bits per heavy atom. The second-order valence-electron chi connectivity index (χ2n) is 1.86. The molecule has 16 heteroatoms. The van der Waals surface area contributed by atoms with Crippen LogP contribution in [0.2, 0.25) is 0 Å². The molecule has 3 radical (unpaired) electrons. The molecule has 0 rings (SSSR count). The molecule has 95 valence electrons. The van der Waals surface area contributed by atoms with Gasteiger partial charge >= 0.3 is 35.2 Å². The third kappa shape index (κ3) is 3.27. The second kappa shape index (κ2) is 5.14. The summed E-state index contributed by atoms with van der Waals surface area (Å²) in [7, 11) is -15.9. The first-order valence-electron chi connectivity index (χ1n) is 2.91. The van der Waals surface area contributed by atoms with Gasteiger partial charge in [-0.15, -0.1) is 0 Å². The normalized spacial score (nSPS) is 23.4. The van der Waals surface area contributed by atoms with Crippen molar-refractivity contribution in [3.05, 3.63) is 0 Å². The van der Waals surface area contributed by atoms with Crippen molar-refractivity contribution >= 4 is 32.0 Å². The maximum Gasteiger partial charge on any atom is 0.630 e. The molecule has 13 nitrogen and oxygen atoms in total. The van der Waals surface area contributed by atoms with Crippen LogP contribution in [0.1, 0.15) is 0 Å². The molecule has 0 aliphatic heterocycles. The summed E-state index contributed by atoms with van der Waals surface area (Å²) in [5.41, 5.74) is 0. The van der Waals surface area contributed by atoms with E-state index in [2.05, 4.69) is 30.5 Å². The van der Waals surface area contributed by atoms with E-state index in [0.29, 0.717) is 0 Å². The van der Waals surface area contributed by atoms with Crippen LogP contribution in [-0.2, 0) is 71.2 Å². The molecule has 0 spiro atoms. The van der Waals surface area contributed by atoms with Crippen LogP contribution < -0.4 is 17.7 Å². The van der Waals surface area contributed by atoms with Gasteiger partial charge < -0.3 is 0 Å². The van der Waals surface area contributed by atoms with Gasteiger partial charge in [0.25, 0.3) is 0 Å². The van der Waals surface area contributed by atoms with Gasteiger partial charge in [0.05, 0.1) is 12.9 Å². The topological polar surface area (TPSA) is 225 Å². The Balaban J connectivity index is 5.70. The predicted molar refractivity (Wildman–Crippen MR) is 40.0 cm³/mol. The lowest BCUT2D eigenvalue weighted by Gasteiger charge is -1.98. The summed E-state index contributed by atoms with van der Waals surface area (Å²) in [6.45, 7) is 0. The highest BCUT2D eigenvalue weighted by Crippen LogP contribution is 2.27. The van der Waals surface area contributed by atoms with E-state index in [4.69, 9.17) is 0 Å². The Morgan fingerprint density at radius 2 is 0.875 bits per heavy atom. The monoisotopic (exact) mass is 305 g/mol. The fourth-order valence-electron chi connectivity index (χ4n) is 0.465. The lowest BCUT2D eigenvalue weighted by Crippen LogP contribution is -2.67. The Kier molecular flexibility index (Phi) is 5.15. The fourth-order valence-corrected chi connectivity index (χ4v) is 4.18. The van der Waals surface area contributed by atoms with E-state index in [9.17, 15) is 26.3 Å². The van der Waals surface area contributed by atoms with E-state index in [-0.39, 0.29) is 0 Å². The summed E-state index contributed by atoms with van der Waals surface area (Å²) in [5, 5.41) is 0. The molecule has 0 aromatic heterocycles. The minimum absolute atomic E-state index is 1.21. The number of hydrogen-bond acceptors (Lipinski definition) is 6. The summed E-state index contributed by atoms with van der Waals surface area (Å²) >= 11 is 0. The molecule has 16 heavy (non-hydrogen) atoms. The van der Waals surface area contributed by atoms with Gasteiger partial charge in [-0.25, -0.2) is 0 Å². The summed E-state index contributed by atoms with van der Waals surface area (Å²) in [6.07, 6.45) is 0. The number of rotatable bonds is 6. The standard InChI is InChI=1S/H9N4O9S3/c1-11-14(5,6)4(15(7,8)12-2)16(9,10)13-3/h1-3H3/q+6. The van der Waals surface area contributed by atoms with E-state index in [0.717, 1.165) is 0 Å². The highest BCUT2D eigenvalue weighted by atomic mass is 32.4. The van der Waals surface area contributed by atoms with Gasteiger partial charge in [-0.3, -0.25) is 0 Å². The van der Waals surface area contributed by atoms with Crippen LogP contribution in [0.15, 0.2) is 0 Å². The molecule has 0 amide bonds. The van der Waals surface area contributed by atoms with Crippen molar-refractivity contribution in [3.63, 3.8) is 0 Å². The molecule has 0 fully saturated rings. The van der Waals surface area contributed by atoms with Crippen LogP contribution in [0, 0.1) is 0 Å². The van der Waals surface area contributed by atoms with Crippen LogP contribution in [0.25, 0.3) is 0 Å². The van der Waals surface area contributed by atoms with Crippen LogP contribution in [-0.4, -0.2) is 3.12 Å². The molecule has 3 atom stereocenters. The molecule has 0 heterocycles. The van der Waals surface area contributed by atoms with Crippen molar-refractivity contribution in [2.75, 3.05) is 0 Å². The third-order valence-corrected chi connectivity index (χ3v) is 6.27. The molecular weight excluding hydrogens is 296 g/mol. The molecular formula is H9N4O9S3+6. The summed E-state index contributed by atoms with van der Waals surface area (Å²) in [4.78, 5) is 0. The van der Waals surface area contributed by atoms with Crippen LogP contribution in [0.3, 0.4) is 0 Å². The first-order valence-corrected chi connectivity index (χ1v) is 7.01. The quantitative estimate of drug-likeness (QED) is 0.320. The van der Waals surface area contributed by atoms with E-state index < -0.39 is 35.2 Å². The number of quaternary nitrogens is 3. The predicted octanol–water partition coefficient (Wildman–Crippen LogP) is -5.17. The first kappa shape index (κ1) is 16.1. The van der Waals surface area contributed by atoms with Crippen LogP contribution in [0.5, 0.6) is 0 Å². The SMILES string of the molecule is [NH3+]O[S+]([O])(=O)N([S+]([O])(=O)O[NH3+])[S+]([O])(=O)O[NH3+]. The Bertz CT molecular complexity index is 320. The third-order valence-electron chi connectivity index (χ3n) is 0.995. The Morgan fingerprint density at radius 1 is 0.688 bits per heavy atom. The van der Waals surface area contributed by atoms with E-state index >= 15 is 0 Å². The zero-order valence-electron chi connectivity index (χ0n) is 7.47. The first-order chi connectivity index (χ1) is 7.05. The average molecular weight is 305 g/mol. The molecule has 0 saturated heterocycles. The smallest absolute Gasteiger partial charge is 0.156 e. The average Bonchev–Trinajstić information content (AvgIpc) is 2.16. The minimum Gasteiger partial charge on any atom is -0.156 e. The number of hydrogen-bond donors (Lipinski definition) is 3. The van der Waals surface area contributed by atoms with Crippen molar-refractivity contribution in [2.24, 2.45) is 0 Å². The van der Waals surface area contributed by atoms with Crippen molar-refractivity contribution in [1.82, 2.24) is 3.12 Å². The maximum absolute atomic E-state index is 11.0. The van der Waals surface area contributed by atoms with Gasteiger partial charge in [0.1, 0.15) is 13.7 Å². The van der Waals surface area contributed by atoms with Crippen molar-refractivity contribution < 1.29 is 56.8 Å². The van der Waals surface area contributed by atoms with Crippen LogP contribution >= 0.6 is 0 Å². The zero-order chi connectivity index (χ0) is 13.2. The summed E-state index contributed by atoms with van der Waals surface area (Å²) in [6, 6.07) is 0. The molecule has 0 aromatic rings. The van der Waals surface area contributed by atoms with Gasteiger partial charge in [0.2, 0.25) is 0 Å². The minimum atomic E-state index is -5.28. The molecule has 0 saturated carbocycles. The largest absolute Gasteiger partial charge is 0.630 e. The lowest BCUT2D eigenvalue weighted by molar-refractivity contribution is -0.644. The molecule has 0 aromatic carbocycles. The maximum atomic E-state index is 11.0. The molecule has 3 unspecified atom stereocenters. The Hall–Kier alpha value is 0.0500. The summed E-state index contributed by atoms with van der Waals surface area (Å²) in [5.74, 6) is 7.09. The molecule has 0 aliphatic carbocycles. The fraction of sp³-hybridized carbons (Fsp3) is 0. The highest BCUT2D eigenvalue weighted by Gasteiger charge is 2.85.